The van der Waals surface area contributed by atoms with E-state index in [2.05, 4.69) is 0 Å². The van der Waals surface area contributed by atoms with Gasteiger partial charge in [-0.15, -0.1) is 0 Å². The molecule has 11 heavy (non-hydrogen) atoms. The van der Waals surface area contributed by atoms with Crippen LogP contribution in [0.3, 0.4) is 0 Å². The minimum Gasteiger partial charge on any atom is -0.365 e. The van der Waals surface area contributed by atoms with E-state index >= 15 is 0 Å². The minimum atomic E-state index is -0.745. The molecule has 0 aromatic rings. The minimum absolute atomic E-state index is 0.464. The van der Waals surface area contributed by atoms with Crippen molar-refractivity contribution in [2.75, 3.05) is 19.8 Å². The topological polar surface area (TPSA) is 58.7 Å². The van der Waals surface area contributed by atoms with Crippen molar-refractivity contribution in [3.05, 3.63) is 11.8 Å². The van der Waals surface area contributed by atoms with Gasteiger partial charge in [-0.25, -0.2) is 0 Å². The zero-order valence-electron chi connectivity index (χ0n) is 6.66. The highest BCUT2D eigenvalue weighted by atomic mass is 16.6. The first-order valence-corrected chi connectivity index (χ1v) is 3.73. The Labute approximate surface area is 66.2 Å². The van der Waals surface area contributed by atoms with Crippen LogP contribution in [0.4, 0.5) is 0 Å². The molecule has 0 saturated heterocycles. The van der Waals surface area contributed by atoms with Gasteiger partial charge in [0.2, 0.25) is 0 Å². The lowest BCUT2D eigenvalue weighted by molar-refractivity contribution is -0.0411. The van der Waals surface area contributed by atoms with Gasteiger partial charge >= 0.3 is 0 Å². The van der Waals surface area contributed by atoms with Gasteiger partial charge < -0.3 is 20.5 Å². The first-order chi connectivity index (χ1) is 5.27. The SMILES string of the molecule is CCN(CN)C1=CC(O)OC1. The molecule has 0 amide bonds. The quantitative estimate of drug-likeness (QED) is 0.541. The Kier molecular flexibility index (Phi) is 2.87. The number of hydrogen-bond acceptors (Lipinski definition) is 4. The lowest BCUT2D eigenvalue weighted by Gasteiger charge is -2.20. The summed E-state index contributed by atoms with van der Waals surface area (Å²) in [5.41, 5.74) is 6.43. The molecule has 4 nitrogen and oxygen atoms in total. The van der Waals surface area contributed by atoms with Gasteiger partial charge in [-0.2, -0.15) is 0 Å². The summed E-state index contributed by atoms with van der Waals surface area (Å²) >= 11 is 0. The molecular weight excluding hydrogens is 144 g/mol. The maximum absolute atomic E-state index is 8.97. The van der Waals surface area contributed by atoms with E-state index in [-0.39, 0.29) is 0 Å². The zero-order valence-corrected chi connectivity index (χ0v) is 6.66. The second kappa shape index (κ2) is 3.71. The summed E-state index contributed by atoms with van der Waals surface area (Å²) < 4.78 is 4.92. The molecule has 64 valence electrons. The molecule has 1 aliphatic rings. The van der Waals surface area contributed by atoms with Crippen LogP contribution >= 0.6 is 0 Å². The summed E-state index contributed by atoms with van der Waals surface area (Å²) in [6.07, 6.45) is 0.932. The molecule has 4 heteroatoms. The Bertz CT molecular complexity index is 155. The first kappa shape index (κ1) is 8.52. The molecule has 1 heterocycles. The molecule has 0 radical (unpaired) electrons. The lowest BCUT2D eigenvalue weighted by Crippen LogP contribution is -2.29. The standard InChI is InChI=1S/C7H14N2O2/c1-2-9(5-8)6-3-7(10)11-4-6/h3,7,10H,2,4-5,8H2,1H3. The fraction of sp³-hybridized carbons (Fsp3) is 0.714. The van der Waals surface area contributed by atoms with Gasteiger partial charge in [0, 0.05) is 12.2 Å². The van der Waals surface area contributed by atoms with Crippen LogP contribution in [0.2, 0.25) is 0 Å². The second-order valence-corrected chi connectivity index (χ2v) is 2.40. The summed E-state index contributed by atoms with van der Waals surface area (Å²) in [7, 11) is 0. The van der Waals surface area contributed by atoms with Crippen molar-refractivity contribution in [3.8, 4) is 0 Å². The fourth-order valence-electron chi connectivity index (χ4n) is 1.08. The van der Waals surface area contributed by atoms with Gasteiger partial charge in [0.1, 0.15) is 0 Å². The van der Waals surface area contributed by atoms with Crippen molar-refractivity contribution in [1.29, 1.82) is 0 Å². The van der Waals surface area contributed by atoms with Crippen molar-refractivity contribution in [2.24, 2.45) is 5.73 Å². The van der Waals surface area contributed by atoms with E-state index in [4.69, 9.17) is 15.6 Å². The van der Waals surface area contributed by atoms with E-state index in [1.165, 1.54) is 0 Å². The normalized spacial score (nSPS) is 23.5. The molecule has 0 aliphatic carbocycles. The van der Waals surface area contributed by atoms with Gasteiger partial charge in [-0.1, -0.05) is 0 Å². The van der Waals surface area contributed by atoms with Crippen LogP contribution in [-0.2, 0) is 4.74 Å². The third-order valence-electron chi connectivity index (χ3n) is 1.75. The summed E-state index contributed by atoms with van der Waals surface area (Å²) in [4.78, 5) is 1.95. The molecule has 0 aromatic carbocycles. The highest BCUT2D eigenvalue weighted by Gasteiger charge is 2.16. The molecular formula is C7H14N2O2. The van der Waals surface area contributed by atoms with Crippen LogP contribution in [0.15, 0.2) is 11.8 Å². The molecule has 0 aromatic heterocycles. The average Bonchev–Trinajstić information content (AvgIpc) is 2.39. The number of likely N-dealkylation sites (N-methyl/N-ethyl adjacent to an activating group) is 1. The van der Waals surface area contributed by atoms with Crippen molar-refractivity contribution in [1.82, 2.24) is 4.90 Å². The van der Waals surface area contributed by atoms with E-state index in [0.29, 0.717) is 13.3 Å². The van der Waals surface area contributed by atoms with Gasteiger partial charge in [0.25, 0.3) is 0 Å². The van der Waals surface area contributed by atoms with Gasteiger partial charge in [-0.3, -0.25) is 0 Å². The predicted octanol–water partition coefficient (Wildman–Crippen LogP) is -0.543. The van der Waals surface area contributed by atoms with Crippen molar-refractivity contribution in [2.45, 2.75) is 13.2 Å². The Morgan fingerprint density at radius 2 is 2.64 bits per heavy atom. The number of aliphatic hydroxyl groups excluding tert-OH is 1. The molecule has 0 bridgehead atoms. The molecule has 0 spiro atoms. The first-order valence-electron chi connectivity index (χ1n) is 3.73. The Hall–Kier alpha value is -0.580. The van der Waals surface area contributed by atoms with Crippen LogP contribution in [-0.4, -0.2) is 36.1 Å². The smallest absolute Gasteiger partial charge is 0.176 e. The average molecular weight is 158 g/mol. The molecule has 0 saturated carbocycles. The van der Waals surface area contributed by atoms with E-state index in [0.717, 1.165) is 12.2 Å². The largest absolute Gasteiger partial charge is 0.365 e. The maximum Gasteiger partial charge on any atom is 0.176 e. The highest BCUT2D eigenvalue weighted by molar-refractivity contribution is 5.07. The van der Waals surface area contributed by atoms with Crippen LogP contribution in [0.25, 0.3) is 0 Å². The number of aliphatic hydroxyl groups is 1. The van der Waals surface area contributed by atoms with E-state index < -0.39 is 6.29 Å². The predicted molar refractivity (Wildman–Crippen MR) is 41.5 cm³/mol. The van der Waals surface area contributed by atoms with Gasteiger partial charge in [0.15, 0.2) is 6.29 Å². The summed E-state index contributed by atoms with van der Waals surface area (Å²) in [6, 6.07) is 0. The van der Waals surface area contributed by atoms with E-state index in [1.807, 2.05) is 11.8 Å². The fourth-order valence-corrected chi connectivity index (χ4v) is 1.08. The third kappa shape index (κ3) is 1.92. The lowest BCUT2D eigenvalue weighted by atomic mass is 10.4. The van der Waals surface area contributed by atoms with Gasteiger partial charge in [-0.05, 0) is 13.0 Å². The molecule has 1 aliphatic heterocycles. The Morgan fingerprint density at radius 3 is 3.00 bits per heavy atom. The molecule has 3 N–H and O–H groups in total. The number of hydrogen-bond donors (Lipinski definition) is 2. The van der Waals surface area contributed by atoms with Crippen molar-refractivity contribution < 1.29 is 9.84 Å². The summed E-state index contributed by atoms with van der Waals surface area (Å²) in [6.45, 7) is 3.79. The van der Waals surface area contributed by atoms with Crippen molar-refractivity contribution in [3.63, 3.8) is 0 Å². The number of ether oxygens (including phenoxy) is 1. The van der Waals surface area contributed by atoms with Crippen molar-refractivity contribution >= 4 is 0 Å². The molecule has 1 rings (SSSR count). The highest BCUT2D eigenvalue weighted by Crippen LogP contribution is 2.12. The Balaban J connectivity index is 2.52. The zero-order chi connectivity index (χ0) is 8.27. The molecule has 0 fully saturated rings. The number of nitrogens with two attached hydrogens (primary N) is 1. The number of rotatable bonds is 3. The van der Waals surface area contributed by atoms with Gasteiger partial charge in [0.05, 0.1) is 13.3 Å². The molecule has 1 atom stereocenters. The molecule has 1 unspecified atom stereocenters. The van der Waals surface area contributed by atoms with Crippen LogP contribution in [0, 0.1) is 0 Å². The monoisotopic (exact) mass is 158 g/mol. The summed E-state index contributed by atoms with van der Waals surface area (Å²) in [5, 5.41) is 8.97. The van der Waals surface area contributed by atoms with Crippen LogP contribution < -0.4 is 5.73 Å². The number of nitrogens with zero attached hydrogens (tertiary/aromatic N) is 1. The van der Waals surface area contributed by atoms with Crippen LogP contribution in [0.1, 0.15) is 6.92 Å². The van der Waals surface area contributed by atoms with Crippen LogP contribution in [0.5, 0.6) is 0 Å². The second-order valence-electron chi connectivity index (χ2n) is 2.40. The Morgan fingerprint density at radius 1 is 1.91 bits per heavy atom. The van der Waals surface area contributed by atoms with E-state index in [9.17, 15) is 0 Å². The maximum atomic E-state index is 8.97. The van der Waals surface area contributed by atoms with E-state index in [1.54, 1.807) is 6.08 Å². The third-order valence-corrected chi connectivity index (χ3v) is 1.75. The summed E-state index contributed by atoms with van der Waals surface area (Å²) in [5.74, 6) is 0.